The third-order valence-electron chi connectivity index (χ3n) is 1.51. The molecule has 0 aliphatic carbocycles. The van der Waals surface area contributed by atoms with Crippen LogP contribution in [0.1, 0.15) is 20.3 Å². The van der Waals surface area contributed by atoms with Gasteiger partial charge in [0.25, 0.3) is 0 Å². The molecule has 0 aliphatic heterocycles. The number of hydrogen-bond donors (Lipinski definition) is 0. The second-order valence-electron chi connectivity index (χ2n) is 3.08. The van der Waals surface area contributed by atoms with Gasteiger partial charge in [0.05, 0.1) is 5.92 Å². The van der Waals surface area contributed by atoms with Crippen LogP contribution in [-0.2, 0) is 4.79 Å². The first-order chi connectivity index (χ1) is 5.59. The van der Waals surface area contributed by atoms with Crippen LogP contribution in [-0.4, -0.2) is 37.7 Å². The molecule has 0 aromatic carbocycles. The van der Waals surface area contributed by atoms with Crippen molar-refractivity contribution < 1.29 is 4.79 Å². The Morgan fingerprint density at radius 1 is 1.58 bits per heavy atom. The summed E-state index contributed by atoms with van der Waals surface area (Å²) in [6, 6.07) is 0. The van der Waals surface area contributed by atoms with Crippen LogP contribution in [0.5, 0.6) is 0 Å². The molecule has 0 saturated heterocycles. The molecule has 70 valence electrons. The van der Waals surface area contributed by atoms with E-state index in [-0.39, 0.29) is 11.8 Å². The average molecular weight is 170 g/mol. The molecule has 0 aromatic rings. The molecule has 0 N–H and O–H groups in total. The molecule has 0 heterocycles. The minimum absolute atomic E-state index is 0.0912. The third kappa shape index (κ3) is 4.11. The molecule has 1 amide bonds. The van der Waals surface area contributed by atoms with Gasteiger partial charge < -0.3 is 4.90 Å². The molecule has 1 atom stereocenters. The van der Waals surface area contributed by atoms with Crippen molar-refractivity contribution in [3.63, 3.8) is 0 Å². The quantitative estimate of drug-likeness (QED) is 0.583. The zero-order chi connectivity index (χ0) is 9.56. The standard InChI is InChI=1S/C9H18N2O/c1-5-6-10-7-8(2)9(12)11(3)4/h7-8H,5-6H2,1-4H3. The second-order valence-corrected chi connectivity index (χ2v) is 3.08. The lowest BCUT2D eigenvalue weighted by Crippen LogP contribution is -2.28. The summed E-state index contributed by atoms with van der Waals surface area (Å²) in [6.07, 6.45) is 2.76. The lowest BCUT2D eigenvalue weighted by atomic mass is 10.2. The van der Waals surface area contributed by atoms with Gasteiger partial charge in [-0.25, -0.2) is 0 Å². The van der Waals surface area contributed by atoms with Crippen LogP contribution in [0.2, 0.25) is 0 Å². The normalized spacial score (nSPS) is 13.3. The Kier molecular flexibility index (Phi) is 5.34. The number of carbonyl (C=O) groups is 1. The van der Waals surface area contributed by atoms with Gasteiger partial charge in [0.15, 0.2) is 0 Å². The van der Waals surface area contributed by atoms with Crippen molar-refractivity contribution in [1.82, 2.24) is 4.90 Å². The van der Waals surface area contributed by atoms with Crippen molar-refractivity contribution in [3.05, 3.63) is 0 Å². The Balaban J connectivity index is 3.86. The summed E-state index contributed by atoms with van der Waals surface area (Å²) in [4.78, 5) is 17.0. The van der Waals surface area contributed by atoms with Crippen molar-refractivity contribution in [2.45, 2.75) is 20.3 Å². The monoisotopic (exact) mass is 170 g/mol. The predicted octanol–water partition coefficient (Wildman–Crippen LogP) is 1.19. The van der Waals surface area contributed by atoms with Crippen LogP contribution in [0.25, 0.3) is 0 Å². The number of nitrogens with zero attached hydrogens (tertiary/aromatic N) is 2. The van der Waals surface area contributed by atoms with Gasteiger partial charge in [-0.2, -0.15) is 0 Å². The molecule has 0 aliphatic rings. The topological polar surface area (TPSA) is 32.7 Å². The maximum Gasteiger partial charge on any atom is 0.230 e. The molecule has 0 spiro atoms. The van der Waals surface area contributed by atoms with E-state index in [2.05, 4.69) is 11.9 Å². The van der Waals surface area contributed by atoms with Gasteiger partial charge >= 0.3 is 0 Å². The fourth-order valence-corrected chi connectivity index (χ4v) is 0.833. The molecule has 0 aromatic heterocycles. The van der Waals surface area contributed by atoms with E-state index in [4.69, 9.17) is 0 Å². The first-order valence-electron chi connectivity index (χ1n) is 4.30. The summed E-state index contributed by atoms with van der Waals surface area (Å²) in [5.41, 5.74) is 0. The zero-order valence-electron chi connectivity index (χ0n) is 8.37. The Morgan fingerprint density at radius 3 is 2.58 bits per heavy atom. The molecule has 0 rings (SSSR count). The highest BCUT2D eigenvalue weighted by Gasteiger charge is 2.11. The Hall–Kier alpha value is -0.860. The van der Waals surface area contributed by atoms with Crippen molar-refractivity contribution in [3.8, 4) is 0 Å². The summed E-state index contributed by atoms with van der Waals surface area (Å²) in [5.74, 6) is 0.0152. The number of amides is 1. The van der Waals surface area contributed by atoms with Crippen molar-refractivity contribution >= 4 is 12.1 Å². The van der Waals surface area contributed by atoms with E-state index in [1.807, 2.05) is 6.92 Å². The van der Waals surface area contributed by atoms with Gasteiger partial charge in [-0.05, 0) is 13.3 Å². The Bertz CT molecular complexity index is 164. The number of rotatable bonds is 4. The minimum Gasteiger partial charge on any atom is -0.348 e. The Morgan fingerprint density at radius 2 is 2.17 bits per heavy atom. The first kappa shape index (κ1) is 11.1. The molecule has 3 heteroatoms. The van der Waals surface area contributed by atoms with Gasteiger partial charge in [0, 0.05) is 26.9 Å². The summed E-state index contributed by atoms with van der Waals surface area (Å²) >= 11 is 0. The maximum absolute atomic E-state index is 11.3. The molecule has 0 saturated carbocycles. The molecule has 1 unspecified atom stereocenters. The van der Waals surface area contributed by atoms with Crippen LogP contribution >= 0.6 is 0 Å². The van der Waals surface area contributed by atoms with Crippen LogP contribution in [0, 0.1) is 5.92 Å². The van der Waals surface area contributed by atoms with Crippen LogP contribution in [0.4, 0.5) is 0 Å². The third-order valence-corrected chi connectivity index (χ3v) is 1.51. The second kappa shape index (κ2) is 5.75. The SMILES string of the molecule is CCCN=CC(C)C(=O)N(C)C. The lowest BCUT2D eigenvalue weighted by Gasteiger charge is -2.12. The van der Waals surface area contributed by atoms with Crippen LogP contribution < -0.4 is 0 Å². The molecule has 3 nitrogen and oxygen atoms in total. The molecule has 0 radical (unpaired) electrons. The van der Waals surface area contributed by atoms with Crippen molar-refractivity contribution in [2.75, 3.05) is 20.6 Å². The van der Waals surface area contributed by atoms with Crippen LogP contribution in [0.3, 0.4) is 0 Å². The van der Waals surface area contributed by atoms with Gasteiger partial charge in [-0.15, -0.1) is 0 Å². The predicted molar refractivity (Wildman–Crippen MR) is 51.5 cm³/mol. The summed E-state index contributed by atoms with van der Waals surface area (Å²) in [7, 11) is 3.51. The fourth-order valence-electron chi connectivity index (χ4n) is 0.833. The average Bonchev–Trinajstić information content (AvgIpc) is 2.03. The summed E-state index contributed by atoms with van der Waals surface area (Å²) in [6.45, 7) is 4.74. The van der Waals surface area contributed by atoms with Gasteiger partial charge in [0.1, 0.15) is 0 Å². The van der Waals surface area contributed by atoms with Crippen LogP contribution in [0.15, 0.2) is 4.99 Å². The van der Waals surface area contributed by atoms with Gasteiger partial charge in [-0.3, -0.25) is 9.79 Å². The smallest absolute Gasteiger partial charge is 0.230 e. The summed E-state index contributed by atoms with van der Waals surface area (Å²) in [5, 5.41) is 0. The highest BCUT2D eigenvalue weighted by atomic mass is 16.2. The first-order valence-corrected chi connectivity index (χ1v) is 4.30. The van der Waals surface area contributed by atoms with Crippen molar-refractivity contribution in [1.29, 1.82) is 0 Å². The number of aliphatic imine (C=N–C) groups is 1. The number of hydrogen-bond acceptors (Lipinski definition) is 2. The van der Waals surface area contributed by atoms with E-state index < -0.39 is 0 Å². The minimum atomic E-state index is -0.0912. The molecule has 12 heavy (non-hydrogen) atoms. The maximum atomic E-state index is 11.3. The van der Waals surface area contributed by atoms with E-state index in [0.29, 0.717) is 0 Å². The summed E-state index contributed by atoms with van der Waals surface area (Å²) < 4.78 is 0. The van der Waals surface area contributed by atoms with E-state index in [1.165, 1.54) is 0 Å². The zero-order valence-corrected chi connectivity index (χ0v) is 8.37. The van der Waals surface area contributed by atoms with Gasteiger partial charge in [0.2, 0.25) is 5.91 Å². The fraction of sp³-hybridized carbons (Fsp3) is 0.778. The molecule has 0 bridgehead atoms. The molecular formula is C9H18N2O. The number of carbonyl (C=O) groups excluding carboxylic acids is 1. The highest BCUT2D eigenvalue weighted by molar-refractivity contribution is 5.92. The molecular weight excluding hydrogens is 152 g/mol. The largest absolute Gasteiger partial charge is 0.348 e. The van der Waals surface area contributed by atoms with E-state index in [9.17, 15) is 4.79 Å². The van der Waals surface area contributed by atoms with E-state index in [1.54, 1.807) is 25.2 Å². The van der Waals surface area contributed by atoms with Gasteiger partial charge in [-0.1, -0.05) is 6.92 Å². The highest BCUT2D eigenvalue weighted by Crippen LogP contribution is 1.95. The van der Waals surface area contributed by atoms with E-state index in [0.717, 1.165) is 13.0 Å². The lowest BCUT2D eigenvalue weighted by molar-refractivity contribution is -0.130. The van der Waals surface area contributed by atoms with E-state index >= 15 is 0 Å². The van der Waals surface area contributed by atoms with Crippen molar-refractivity contribution in [2.24, 2.45) is 10.9 Å². The molecule has 0 fully saturated rings. The Labute approximate surface area is 74.5 Å².